The first-order valence-corrected chi connectivity index (χ1v) is 7.82. The molecule has 0 spiro atoms. The Labute approximate surface area is 135 Å². The highest BCUT2D eigenvalue weighted by Gasteiger charge is 2.23. The molecule has 1 saturated heterocycles. The number of rotatable bonds is 4. The molecule has 1 atom stereocenters. The maximum absolute atomic E-state index is 12.0. The van der Waals surface area contributed by atoms with E-state index < -0.39 is 0 Å². The number of carbonyl (C=O) groups excluding carboxylic acids is 1. The zero-order valence-electron chi connectivity index (χ0n) is 12.9. The van der Waals surface area contributed by atoms with E-state index in [0.717, 1.165) is 26.1 Å². The zero-order chi connectivity index (χ0) is 16.1. The predicted molar refractivity (Wildman–Crippen MR) is 90.4 cm³/mol. The van der Waals surface area contributed by atoms with Crippen LogP contribution in [-0.4, -0.2) is 35.2 Å². The van der Waals surface area contributed by atoms with Crippen molar-refractivity contribution in [1.82, 2.24) is 10.2 Å². The fraction of sp³-hybridized carbons (Fsp3) is 0.278. The Bertz CT molecular complexity index is 643. The smallest absolute Gasteiger partial charge is 0.319 e. The van der Waals surface area contributed by atoms with E-state index >= 15 is 0 Å². The summed E-state index contributed by atoms with van der Waals surface area (Å²) in [5.74, 6) is 0.184. The fourth-order valence-corrected chi connectivity index (χ4v) is 2.83. The fourth-order valence-electron chi connectivity index (χ4n) is 2.83. The molecular formula is C18H21N3O2. The second kappa shape index (κ2) is 7.15. The van der Waals surface area contributed by atoms with E-state index in [2.05, 4.69) is 27.7 Å². The number of urea groups is 1. The molecule has 0 saturated carbocycles. The lowest BCUT2D eigenvalue weighted by Crippen LogP contribution is -2.39. The number of aromatic hydroxyl groups is 1. The van der Waals surface area contributed by atoms with Crippen LogP contribution in [0.15, 0.2) is 54.6 Å². The van der Waals surface area contributed by atoms with E-state index in [4.69, 9.17) is 0 Å². The average molecular weight is 311 g/mol. The monoisotopic (exact) mass is 311 g/mol. The van der Waals surface area contributed by atoms with Gasteiger partial charge in [-0.15, -0.1) is 0 Å². The van der Waals surface area contributed by atoms with Crippen LogP contribution >= 0.6 is 0 Å². The summed E-state index contributed by atoms with van der Waals surface area (Å²) in [4.78, 5) is 14.4. The van der Waals surface area contributed by atoms with Crippen molar-refractivity contribution >= 4 is 11.7 Å². The van der Waals surface area contributed by atoms with Crippen LogP contribution in [0, 0.1) is 0 Å². The van der Waals surface area contributed by atoms with Crippen molar-refractivity contribution in [3.8, 4) is 5.75 Å². The van der Waals surface area contributed by atoms with Gasteiger partial charge in [-0.1, -0.05) is 30.3 Å². The maximum atomic E-state index is 12.0. The molecule has 0 aliphatic carbocycles. The number of carbonyl (C=O) groups is 1. The van der Waals surface area contributed by atoms with Gasteiger partial charge in [0.15, 0.2) is 0 Å². The summed E-state index contributed by atoms with van der Waals surface area (Å²) in [6, 6.07) is 16.8. The van der Waals surface area contributed by atoms with Crippen LogP contribution in [0.25, 0.3) is 0 Å². The van der Waals surface area contributed by atoms with Gasteiger partial charge in [-0.05, 0) is 36.2 Å². The SMILES string of the molecule is O=C(Nc1ccc(O)cc1)NC1CCN(Cc2ccccc2)C1. The number of phenolic OH excluding ortho intramolecular Hbond substituents is 1. The van der Waals surface area contributed by atoms with Gasteiger partial charge in [-0.25, -0.2) is 4.79 Å². The molecule has 0 aromatic heterocycles. The molecule has 5 nitrogen and oxygen atoms in total. The number of likely N-dealkylation sites (tertiary alicyclic amines) is 1. The minimum Gasteiger partial charge on any atom is -0.508 e. The minimum absolute atomic E-state index is 0.163. The van der Waals surface area contributed by atoms with Crippen LogP contribution in [0.4, 0.5) is 10.5 Å². The van der Waals surface area contributed by atoms with Crippen LogP contribution < -0.4 is 10.6 Å². The highest BCUT2D eigenvalue weighted by atomic mass is 16.3. The number of hydrogen-bond acceptors (Lipinski definition) is 3. The minimum atomic E-state index is -0.206. The van der Waals surface area contributed by atoms with Crippen LogP contribution in [0.5, 0.6) is 5.75 Å². The van der Waals surface area contributed by atoms with Crippen LogP contribution in [-0.2, 0) is 6.54 Å². The highest BCUT2D eigenvalue weighted by Crippen LogP contribution is 2.15. The molecule has 120 valence electrons. The second-order valence-corrected chi connectivity index (χ2v) is 5.85. The normalized spacial score (nSPS) is 17.8. The van der Waals surface area contributed by atoms with Crippen molar-refractivity contribution in [3.63, 3.8) is 0 Å². The van der Waals surface area contributed by atoms with Crippen molar-refractivity contribution in [3.05, 3.63) is 60.2 Å². The van der Waals surface area contributed by atoms with Crippen molar-refractivity contribution in [2.24, 2.45) is 0 Å². The van der Waals surface area contributed by atoms with Gasteiger partial charge < -0.3 is 15.7 Å². The Morgan fingerprint density at radius 1 is 1.13 bits per heavy atom. The number of phenols is 1. The first kappa shape index (κ1) is 15.4. The largest absolute Gasteiger partial charge is 0.508 e. The quantitative estimate of drug-likeness (QED) is 0.761. The van der Waals surface area contributed by atoms with Gasteiger partial charge in [0.1, 0.15) is 5.75 Å². The Morgan fingerprint density at radius 3 is 2.61 bits per heavy atom. The lowest BCUT2D eigenvalue weighted by molar-refractivity contribution is 0.247. The number of nitrogens with one attached hydrogen (secondary N) is 2. The van der Waals surface area contributed by atoms with Crippen molar-refractivity contribution in [2.75, 3.05) is 18.4 Å². The molecule has 1 heterocycles. The first-order valence-electron chi connectivity index (χ1n) is 7.82. The van der Waals surface area contributed by atoms with E-state index in [1.165, 1.54) is 5.56 Å². The number of anilines is 1. The molecule has 0 radical (unpaired) electrons. The third-order valence-corrected chi connectivity index (χ3v) is 3.98. The summed E-state index contributed by atoms with van der Waals surface area (Å²) in [6.45, 7) is 2.76. The van der Waals surface area contributed by atoms with Gasteiger partial charge in [-0.2, -0.15) is 0 Å². The Kier molecular flexibility index (Phi) is 4.78. The van der Waals surface area contributed by atoms with Crippen molar-refractivity contribution in [1.29, 1.82) is 0 Å². The summed E-state index contributed by atoms with van der Waals surface area (Å²) < 4.78 is 0. The number of nitrogens with zero attached hydrogens (tertiary/aromatic N) is 1. The molecule has 5 heteroatoms. The molecule has 0 bridgehead atoms. The molecule has 1 fully saturated rings. The number of hydrogen-bond donors (Lipinski definition) is 3. The highest BCUT2D eigenvalue weighted by molar-refractivity contribution is 5.89. The molecule has 2 amide bonds. The lowest BCUT2D eigenvalue weighted by Gasteiger charge is -2.17. The van der Waals surface area contributed by atoms with Gasteiger partial charge in [0, 0.05) is 31.4 Å². The summed E-state index contributed by atoms with van der Waals surface area (Å²) in [5.41, 5.74) is 1.96. The molecular weight excluding hydrogens is 290 g/mol. The zero-order valence-corrected chi connectivity index (χ0v) is 12.9. The van der Waals surface area contributed by atoms with E-state index in [1.807, 2.05) is 18.2 Å². The summed E-state index contributed by atoms with van der Waals surface area (Å²) in [5, 5.41) is 15.0. The number of benzene rings is 2. The third-order valence-electron chi connectivity index (χ3n) is 3.98. The Morgan fingerprint density at radius 2 is 1.87 bits per heavy atom. The maximum Gasteiger partial charge on any atom is 0.319 e. The Balaban J connectivity index is 1.46. The molecule has 2 aromatic rings. The van der Waals surface area contributed by atoms with Crippen molar-refractivity contribution in [2.45, 2.75) is 19.0 Å². The topological polar surface area (TPSA) is 64.6 Å². The summed E-state index contributed by atoms with van der Waals surface area (Å²) in [6.07, 6.45) is 0.954. The van der Waals surface area contributed by atoms with Crippen LogP contribution in [0.2, 0.25) is 0 Å². The van der Waals surface area contributed by atoms with Gasteiger partial charge in [0.05, 0.1) is 0 Å². The molecule has 3 N–H and O–H groups in total. The van der Waals surface area contributed by atoms with E-state index in [-0.39, 0.29) is 17.8 Å². The molecule has 3 rings (SSSR count). The second-order valence-electron chi connectivity index (χ2n) is 5.85. The standard InChI is InChI=1S/C18H21N3O2/c22-17-8-6-15(7-9-17)19-18(23)20-16-10-11-21(13-16)12-14-4-2-1-3-5-14/h1-9,16,22H,10-13H2,(H2,19,20,23). The van der Waals surface area contributed by atoms with Crippen molar-refractivity contribution < 1.29 is 9.90 Å². The predicted octanol–water partition coefficient (Wildman–Crippen LogP) is 2.79. The average Bonchev–Trinajstić information content (AvgIpc) is 2.97. The molecule has 1 aliphatic rings. The van der Waals surface area contributed by atoms with E-state index in [1.54, 1.807) is 24.3 Å². The lowest BCUT2D eigenvalue weighted by atomic mass is 10.2. The number of amides is 2. The van der Waals surface area contributed by atoms with Gasteiger partial charge in [0.25, 0.3) is 0 Å². The van der Waals surface area contributed by atoms with Gasteiger partial charge in [-0.3, -0.25) is 4.90 Å². The Hall–Kier alpha value is -2.53. The third kappa shape index (κ3) is 4.47. The molecule has 1 aliphatic heterocycles. The van der Waals surface area contributed by atoms with Gasteiger partial charge in [0.2, 0.25) is 0 Å². The van der Waals surface area contributed by atoms with E-state index in [9.17, 15) is 9.90 Å². The van der Waals surface area contributed by atoms with Gasteiger partial charge >= 0.3 is 6.03 Å². The van der Waals surface area contributed by atoms with Crippen LogP contribution in [0.1, 0.15) is 12.0 Å². The molecule has 23 heavy (non-hydrogen) atoms. The van der Waals surface area contributed by atoms with Crippen LogP contribution in [0.3, 0.4) is 0 Å². The first-order chi connectivity index (χ1) is 11.2. The van der Waals surface area contributed by atoms with E-state index in [0.29, 0.717) is 5.69 Å². The summed E-state index contributed by atoms with van der Waals surface area (Å²) >= 11 is 0. The molecule has 1 unspecified atom stereocenters. The molecule has 2 aromatic carbocycles. The summed E-state index contributed by atoms with van der Waals surface area (Å²) in [7, 11) is 0.